The Morgan fingerprint density at radius 2 is 1.97 bits per heavy atom. The molecule has 1 aromatic heterocycles. The summed E-state index contributed by atoms with van der Waals surface area (Å²) in [5, 5.41) is 7.32. The third-order valence-electron chi connectivity index (χ3n) is 5.36. The fourth-order valence-electron chi connectivity index (χ4n) is 3.63. The highest BCUT2D eigenvalue weighted by Gasteiger charge is 2.21. The molecule has 1 aliphatic heterocycles. The van der Waals surface area contributed by atoms with Crippen LogP contribution in [0.4, 0.5) is 10.1 Å². The maximum Gasteiger partial charge on any atom is 0.259 e. The van der Waals surface area contributed by atoms with E-state index in [-0.39, 0.29) is 17.0 Å². The maximum absolute atomic E-state index is 13.2. The molecule has 1 atom stereocenters. The smallest absolute Gasteiger partial charge is 0.259 e. The molecule has 0 bridgehead atoms. The molecule has 1 unspecified atom stereocenters. The number of carbonyl (C=O) groups excluding carboxylic acids is 1. The number of rotatable bonds is 6. The van der Waals surface area contributed by atoms with Crippen molar-refractivity contribution in [2.75, 3.05) is 18.5 Å². The summed E-state index contributed by atoms with van der Waals surface area (Å²) in [6.45, 7) is 3.12. The van der Waals surface area contributed by atoms with Crippen molar-refractivity contribution in [1.82, 2.24) is 9.78 Å². The first-order valence-corrected chi connectivity index (χ1v) is 11.6. The second-order valence-corrected chi connectivity index (χ2v) is 9.24. The highest BCUT2D eigenvalue weighted by Crippen LogP contribution is 2.20. The summed E-state index contributed by atoms with van der Waals surface area (Å²) in [4.78, 5) is 12.8. The normalized spacial score (nSPS) is 15.5. The van der Waals surface area contributed by atoms with E-state index in [9.17, 15) is 13.4 Å². The lowest BCUT2D eigenvalue weighted by atomic mass is 10.2. The molecule has 3 aromatic rings. The third kappa shape index (κ3) is 5.08. The summed E-state index contributed by atoms with van der Waals surface area (Å²) < 4.78 is 32.8. The Labute approximate surface area is 182 Å². The first kappa shape index (κ1) is 21.4. The van der Waals surface area contributed by atoms with Crippen LogP contribution in [-0.4, -0.2) is 38.4 Å². The highest BCUT2D eigenvalue weighted by molar-refractivity contribution is 7.84. The quantitative estimate of drug-likeness (QED) is 0.628. The number of ether oxygens (including phenoxy) is 1. The van der Waals surface area contributed by atoms with E-state index in [1.165, 1.54) is 18.3 Å². The predicted octanol–water partition coefficient (Wildman–Crippen LogP) is 4.00. The van der Waals surface area contributed by atoms with Crippen molar-refractivity contribution in [2.45, 2.75) is 30.8 Å². The van der Waals surface area contributed by atoms with E-state index in [2.05, 4.69) is 10.4 Å². The predicted molar refractivity (Wildman–Crippen MR) is 118 cm³/mol. The van der Waals surface area contributed by atoms with Crippen LogP contribution in [0.2, 0.25) is 0 Å². The van der Waals surface area contributed by atoms with Crippen LogP contribution in [0.1, 0.15) is 34.5 Å². The van der Waals surface area contributed by atoms with Gasteiger partial charge in [0.2, 0.25) is 0 Å². The minimum absolute atomic E-state index is 0.159. The zero-order valence-corrected chi connectivity index (χ0v) is 18.0. The largest absolute Gasteiger partial charge is 0.381 e. The number of benzene rings is 2. The SMILES string of the molecule is Cc1c(C(=O)Nc2cccc(CS(=O)C3CCOCC3)c2)cnn1-c1ccc(F)cc1. The first-order chi connectivity index (χ1) is 15.0. The standard InChI is InChI=1S/C23H24FN3O3S/c1-16-22(14-25-27(16)20-7-5-18(24)6-8-20)23(28)26-19-4-2-3-17(13-19)15-31(29)21-9-11-30-12-10-21/h2-8,13-14,21H,9-12,15H2,1H3,(H,26,28). The van der Waals surface area contributed by atoms with Crippen LogP contribution >= 0.6 is 0 Å². The maximum atomic E-state index is 13.2. The van der Waals surface area contributed by atoms with E-state index in [1.54, 1.807) is 29.8 Å². The number of nitrogens with one attached hydrogen (secondary N) is 1. The van der Waals surface area contributed by atoms with E-state index in [0.29, 0.717) is 41.6 Å². The molecule has 31 heavy (non-hydrogen) atoms. The van der Waals surface area contributed by atoms with Gasteiger partial charge in [-0.25, -0.2) is 9.07 Å². The van der Waals surface area contributed by atoms with Gasteiger partial charge in [-0.1, -0.05) is 12.1 Å². The molecular weight excluding hydrogens is 417 g/mol. The van der Waals surface area contributed by atoms with Crippen LogP contribution in [0.3, 0.4) is 0 Å². The van der Waals surface area contributed by atoms with Gasteiger partial charge in [-0.3, -0.25) is 9.00 Å². The van der Waals surface area contributed by atoms with Crippen molar-refractivity contribution < 1.29 is 18.1 Å². The van der Waals surface area contributed by atoms with Gasteiger partial charge in [0, 0.05) is 40.7 Å². The molecule has 1 N–H and O–H groups in total. The van der Waals surface area contributed by atoms with Crippen LogP contribution in [0.25, 0.3) is 5.69 Å². The highest BCUT2D eigenvalue weighted by atomic mass is 32.2. The van der Waals surface area contributed by atoms with E-state index >= 15 is 0 Å². The van der Waals surface area contributed by atoms with Crippen molar-refractivity contribution in [1.29, 1.82) is 0 Å². The molecule has 6 nitrogen and oxygen atoms in total. The second kappa shape index (κ2) is 9.53. The molecule has 1 aliphatic rings. The molecule has 0 saturated carbocycles. The Morgan fingerprint density at radius 1 is 1.23 bits per heavy atom. The number of nitrogens with zero attached hydrogens (tertiary/aromatic N) is 2. The Morgan fingerprint density at radius 3 is 2.71 bits per heavy atom. The van der Waals surface area contributed by atoms with Crippen LogP contribution < -0.4 is 5.32 Å². The molecular formula is C23H24FN3O3S. The van der Waals surface area contributed by atoms with Gasteiger partial charge in [0.15, 0.2) is 0 Å². The van der Waals surface area contributed by atoms with Gasteiger partial charge in [0.25, 0.3) is 5.91 Å². The van der Waals surface area contributed by atoms with Crippen molar-refractivity contribution >= 4 is 22.4 Å². The number of amides is 1. The lowest BCUT2D eigenvalue weighted by molar-refractivity contribution is 0.0991. The molecule has 1 saturated heterocycles. The molecule has 0 aliphatic carbocycles. The average Bonchev–Trinajstić information content (AvgIpc) is 3.16. The van der Waals surface area contributed by atoms with Crippen LogP contribution in [0, 0.1) is 12.7 Å². The fourth-order valence-corrected chi connectivity index (χ4v) is 5.10. The lowest BCUT2D eigenvalue weighted by Gasteiger charge is -2.21. The van der Waals surface area contributed by atoms with E-state index < -0.39 is 10.8 Å². The molecule has 162 valence electrons. The number of carbonyl (C=O) groups is 1. The molecule has 1 amide bonds. The topological polar surface area (TPSA) is 73.2 Å². The van der Waals surface area contributed by atoms with Crippen LogP contribution in [-0.2, 0) is 21.3 Å². The van der Waals surface area contributed by atoms with E-state index in [1.807, 2.05) is 18.2 Å². The Kier molecular flexibility index (Phi) is 6.58. The van der Waals surface area contributed by atoms with Crippen molar-refractivity contribution in [3.63, 3.8) is 0 Å². The molecule has 2 aromatic carbocycles. The monoisotopic (exact) mass is 441 g/mol. The first-order valence-electron chi connectivity index (χ1n) is 10.2. The summed E-state index contributed by atoms with van der Waals surface area (Å²) in [7, 11) is -0.970. The van der Waals surface area contributed by atoms with Crippen molar-refractivity contribution in [2.24, 2.45) is 0 Å². The van der Waals surface area contributed by atoms with Gasteiger partial charge in [-0.15, -0.1) is 0 Å². The van der Waals surface area contributed by atoms with Crippen LogP contribution in [0.15, 0.2) is 54.7 Å². The fraction of sp³-hybridized carbons (Fsp3) is 0.304. The molecule has 0 spiro atoms. The van der Waals surface area contributed by atoms with Crippen molar-refractivity contribution in [3.05, 3.63) is 77.4 Å². The minimum Gasteiger partial charge on any atom is -0.381 e. The molecule has 0 radical (unpaired) electrons. The number of hydrogen-bond acceptors (Lipinski definition) is 4. The summed E-state index contributed by atoms with van der Waals surface area (Å²) in [5.41, 5.74) is 3.32. The van der Waals surface area contributed by atoms with Crippen LogP contribution in [0.5, 0.6) is 0 Å². The zero-order chi connectivity index (χ0) is 21.8. The van der Waals surface area contributed by atoms with Gasteiger partial charge in [0.1, 0.15) is 5.82 Å². The minimum atomic E-state index is -0.970. The summed E-state index contributed by atoms with van der Waals surface area (Å²) >= 11 is 0. The number of anilines is 1. The molecule has 8 heteroatoms. The Hall–Kier alpha value is -2.84. The Balaban J connectivity index is 1.45. The average molecular weight is 442 g/mol. The Bertz CT molecular complexity index is 1090. The van der Waals surface area contributed by atoms with Gasteiger partial charge in [-0.05, 0) is 61.7 Å². The number of aromatic nitrogens is 2. The lowest BCUT2D eigenvalue weighted by Crippen LogP contribution is -2.25. The van der Waals surface area contributed by atoms with Gasteiger partial charge in [0.05, 0.1) is 23.1 Å². The molecule has 4 rings (SSSR count). The zero-order valence-electron chi connectivity index (χ0n) is 17.2. The van der Waals surface area contributed by atoms with Crippen molar-refractivity contribution in [3.8, 4) is 5.69 Å². The van der Waals surface area contributed by atoms with Gasteiger partial charge >= 0.3 is 0 Å². The number of hydrogen-bond donors (Lipinski definition) is 1. The summed E-state index contributed by atoms with van der Waals surface area (Å²) in [6.07, 6.45) is 3.14. The number of halogens is 1. The van der Waals surface area contributed by atoms with Gasteiger partial charge < -0.3 is 10.1 Å². The summed E-state index contributed by atoms with van der Waals surface area (Å²) in [6, 6.07) is 13.4. The van der Waals surface area contributed by atoms with Gasteiger partial charge in [-0.2, -0.15) is 5.10 Å². The molecule has 1 fully saturated rings. The second-order valence-electron chi connectivity index (χ2n) is 7.52. The molecule has 2 heterocycles. The summed E-state index contributed by atoms with van der Waals surface area (Å²) in [5.74, 6) is -0.159. The third-order valence-corrected chi connectivity index (χ3v) is 7.19. The van der Waals surface area contributed by atoms with E-state index in [0.717, 1.165) is 18.4 Å². The van der Waals surface area contributed by atoms with E-state index in [4.69, 9.17) is 4.74 Å².